The molecule has 2 heterocycles. The molecule has 3 unspecified atom stereocenters. The second-order valence-electron chi connectivity index (χ2n) is 10.9. The van der Waals surface area contributed by atoms with Gasteiger partial charge < -0.3 is 15.0 Å². The number of hydrogen-bond donors (Lipinski definition) is 1. The van der Waals surface area contributed by atoms with E-state index in [0.29, 0.717) is 24.0 Å². The lowest BCUT2D eigenvalue weighted by Crippen LogP contribution is -2.66. The highest BCUT2D eigenvalue weighted by Crippen LogP contribution is 3.04. The lowest BCUT2D eigenvalue weighted by Gasteiger charge is -2.69. The molecule has 0 aromatic carbocycles. The zero-order valence-corrected chi connectivity index (χ0v) is 18.0. The summed E-state index contributed by atoms with van der Waals surface area (Å²) < 4.78 is 46.6. The Morgan fingerprint density at radius 2 is 1.90 bits per heavy atom. The molecule has 1 aliphatic heterocycles. The first-order valence-electron chi connectivity index (χ1n) is 11.1. The largest absolute Gasteiger partial charge is 0.434 e. The quantitative estimate of drug-likeness (QED) is 0.784. The Labute approximate surface area is 178 Å². The monoisotopic (exact) mass is 436 g/mol. The van der Waals surface area contributed by atoms with E-state index in [0.717, 1.165) is 25.0 Å². The molecule has 1 N–H and O–H groups in total. The number of aromatic nitrogens is 2. The molecule has 6 nitrogen and oxygen atoms in total. The summed E-state index contributed by atoms with van der Waals surface area (Å²) >= 11 is 0. The molecule has 1 aromatic rings. The van der Waals surface area contributed by atoms with Crippen molar-refractivity contribution in [1.82, 2.24) is 14.9 Å². The van der Waals surface area contributed by atoms with Crippen LogP contribution in [0.3, 0.4) is 0 Å². The number of carbonyl (C=O) groups is 1. The van der Waals surface area contributed by atoms with Crippen molar-refractivity contribution in [3.63, 3.8) is 0 Å². The molecule has 6 rings (SSSR count). The minimum atomic E-state index is -4.74. The van der Waals surface area contributed by atoms with Crippen molar-refractivity contribution in [1.29, 1.82) is 0 Å². The Balaban J connectivity index is 1.28. The van der Waals surface area contributed by atoms with Crippen LogP contribution in [0, 0.1) is 27.6 Å². The van der Waals surface area contributed by atoms with Crippen LogP contribution in [0.2, 0.25) is 0 Å². The first-order chi connectivity index (χ1) is 14.5. The molecule has 9 heteroatoms. The van der Waals surface area contributed by atoms with Gasteiger partial charge in [-0.3, -0.25) is 4.79 Å². The average Bonchev–Trinajstić information content (AvgIpc) is 3.15. The Morgan fingerprint density at radius 1 is 1.19 bits per heavy atom. The van der Waals surface area contributed by atoms with Gasteiger partial charge in [-0.1, -0.05) is 20.8 Å². The van der Waals surface area contributed by atoms with E-state index < -0.39 is 23.3 Å². The van der Waals surface area contributed by atoms with Crippen LogP contribution in [0.25, 0.3) is 0 Å². The molecule has 168 valence electrons. The smallest absolute Gasteiger partial charge is 0.378 e. The fourth-order valence-electron chi connectivity index (χ4n) is 9.02. The SMILES string of the molecule is CC12C[C@@H]3C4(C)C[C@H](Nc5ncc(C(=O)N6CCOCC6)c(C(F)(F)F)n5)[C@](C)(C1)C324. The number of hydrogen-bond acceptors (Lipinski definition) is 5. The topological polar surface area (TPSA) is 67.4 Å². The summed E-state index contributed by atoms with van der Waals surface area (Å²) in [6.45, 7) is 8.13. The lowest BCUT2D eigenvalue weighted by molar-refractivity contribution is -0.202. The van der Waals surface area contributed by atoms with Crippen LogP contribution in [0.1, 0.15) is 56.1 Å². The molecule has 5 fully saturated rings. The number of carbonyl (C=O) groups excluding carboxylic acids is 1. The molecule has 1 saturated heterocycles. The fraction of sp³-hybridized carbons (Fsp3) is 0.773. The van der Waals surface area contributed by atoms with Crippen LogP contribution in [0.5, 0.6) is 0 Å². The molecule has 0 radical (unpaired) electrons. The van der Waals surface area contributed by atoms with E-state index in [-0.39, 0.29) is 35.9 Å². The standard InChI is InChI=1S/C22H27F3N4O2/c1-18-8-13-19(2)9-14(20(3,11-18)21(13,18)19)27-17-26-10-12(15(28-17)22(23,24)25)16(30)29-4-6-31-7-5-29/h10,13-14H,4-9,11H2,1-3H3,(H,26,27,28)/t13-,14+,18?,19?,20+,21?/m1/s1. The van der Waals surface area contributed by atoms with E-state index in [1.807, 2.05) is 0 Å². The zero-order valence-electron chi connectivity index (χ0n) is 18.0. The number of alkyl halides is 3. The second kappa shape index (κ2) is 5.53. The summed E-state index contributed by atoms with van der Waals surface area (Å²) in [6, 6.07) is 0.0454. The van der Waals surface area contributed by atoms with Gasteiger partial charge in [0.25, 0.3) is 5.91 Å². The predicted molar refractivity (Wildman–Crippen MR) is 105 cm³/mol. The molecular weight excluding hydrogens is 409 g/mol. The number of halogens is 3. The van der Waals surface area contributed by atoms with Crippen LogP contribution in [0.4, 0.5) is 19.1 Å². The molecule has 4 aliphatic carbocycles. The number of nitrogens with one attached hydrogen (secondary N) is 1. The number of morpholine rings is 1. The van der Waals surface area contributed by atoms with Gasteiger partial charge in [-0.2, -0.15) is 13.2 Å². The van der Waals surface area contributed by atoms with Crippen molar-refractivity contribution in [2.45, 2.75) is 52.3 Å². The first kappa shape index (κ1) is 19.8. The maximum atomic E-state index is 13.8. The van der Waals surface area contributed by atoms with Crippen molar-refractivity contribution >= 4 is 11.9 Å². The summed E-state index contributed by atoms with van der Waals surface area (Å²) in [5.41, 5.74) is -0.636. The Kier molecular flexibility index (Phi) is 3.52. The maximum absolute atomic E-state index is 13.8. The van der Waals surface area contributed by atoms with Crippen LogP contribution in [-0.4, -0.2) is 53.1 Å². The zero-order chi connectivity index (χ0) is 22.0. The van der Waals surface area contributed by atoms with Gasteiger partial charge in [0.2, 0.25) is 5.95 Å². The number of amides is 1. The van der Waals surface area contributed by atoms with E-state index in [2.05, 4.69) is 36.1 Å². The van der Waals surface area contributed by atoms with Gasteiger partial charge in [-0.15, -0.1) is 0 Å². The number of nitrogens with zero attached hydrogens (tertiary/aromatic N) is 3. The van der Waals surface area contributed by atoms with Gasteiger partial charge in [0.1, 0.15) is 0 Å². The summed E-state index contributed by atoms with van der Waals surface area (Å²) in [6.07, 6.45) is -0.409. The normalized spacial score (nSPS) is 44.6. The maximum Gasteiger partial charge on any atom is 0.434 e. The lowest BCUT2D eigenvalue weighted by atomic mass is 9.35. The number of fused-ring (bicyclic) bond motifs is 1. The molecular formula is C22H27F3N4O2. The third-order valence-electron chi connectivity index (χ3n) is 9.66. The van der Waals surface area contributed by atoms with Gasteiger partial charge in [0.05, 0.1) is 18.8 Å². The van der Waals surface area contributed by atoms with Crippen molar-refractivity contribution in [2.75, 3.05) is 31.6 Å². The molecule has 1 aromatic heterocycles. The first-order valence-corrected chi connectivity index (χ1v) is 11.1. The van der Waals surface area contributed by atoms with Gasteiger partial charge in [0.15, 0.2) is 5.69 Å². The third kappa shape index (κ3) is 2.07. The van der Waals surface area contributed by atoms with E-state index in [1.165, 1.54) is 11.3 Å². The van der Waals surface area contributed by atoms with Gasteiger partial charge >= 0.3 is 6.18 Å². The number of rotatable bonds is 3. The van der Waals surface area contributed by atoms with Crippen LogP contribution < -0.4 is 5.32 Å². The molecule has 0 bridgehead atoms. The summed E-state index contributed by atoms with van der Waals surface area (Å²) in [5.74, 6) is 0.0135. The summed E-state index contributed by atoms with van der Waals surface area (Å²) in [7, 11) is 0. The fourth-order valence-corrected chi connectivity index (χ4v) is 9.02. The van der Waals surface area contributed by atoms with Crippen molar-refractivity contribution in [3.05, 3.63) is 17.5 Å². The Hall–Kier alpha value is -1.90. The van der Waals surface area contributed by atoms with Crippen molar-refractivity contribution in [3.8, 4) is 0 Å². The van der Waals surface area contributed by atoms with E-state index in [1.54, 1.807) is 0 Å². The van der Waals surface area contributed by atoms with Crippen LogP contribution in [-0.2, 0) is 10.9 Å². The highest BCUT2D eigenvalue weighted by molar-refractivity contribution is 5.95. The van der Waals surface area contributed by atoms with E-state index in [9.17, 15) is 18.0 Å². The molecule has 31 heavy (non-hydrogen) atoms. The van der Waals surface area contributed by atoms with Crippen molar-refractivity contribution < 1.29 is 22.7 Å². The summed E-state index contributed by atoms with van der Waals surface area (Å²) in [5, 5.41) is 3.24. The van der Waals surface area contributed by atoms with Gasteiger partial charge in [-0.25, -0.2) is 9.97 Å². The number of ether oxygens (including phenoxy) is 1. The van der Waals surface area contributed by atoms with Gasteiger partial charge in [0, 0.05) is 25.3 Å². The summed E-state index contributed by atoms with van der Waals surface area (Å²) in [4.78, 5) is 22.1. The average molecular weight is 436 g/mol. The molecule has 1 spiro atoms. The predicted octanol–water partition coefficient (Wildman–Crippen LogP) is 3.59. The minimum absolute atomic E-state index is 0.0390. The van der Waals surface area contributed by atoms with Crippen LogP contribution >= 0.6 is 0 Å². The molecule has 6 atom stereocenters. The van der Waals surface area contributed by atoms with Crippen LogP contribution in [0.15, 0.2) is 6.20 Å². The van der Waals surface area contributed by atoms with E-state index >= 15 is 0 Å². The highest BCUT2D eigenvalue weighted by Gasteiger charge is 3.00. The second-order valence-corrected chi connectivity index (χ2v) is 10.9. The molecule has 1 amide bonds. The molecule has 4 saturated carbocycles. The van der Waals surface area contributed by atoms with Gasteiger partial charge in [-0.05, 0) is 46.8 Å². The third-order valence-corrected chi connectivity index (χ3v) is 9.66. The highest BCUT2D eigenvalue weighted by atomic mass is 19.4. The molecule has 5 aliphatic rings. The number of anilines is 1. The Bertz CT molecular complexity index is 995. The van der Waals surface area contributed by atoms with Crippen molar-refractivity contribution in [2.24, 2.45) is 27.6 Å². The minimum Gasteiger partial charge on any atom is -0.378 e. The Morgan fingerprint density at radius 3 is 2.52 bits per heavy atom. The van der Waals surface area contributed by atoms with E-state index in [4.69, 9.17) is 4.74 Å².